The van der Waals surface area contributed by atoms with Crippen LogP contribution in [0.15, 0.2) is 0 Å². The predicted octanol–water partition coefficient (Wildman–Crippen LogP) is -0.668. The number of likely N-dealkylation sites (tertiary alicyclic amines) is 1. The van der Waals surface area contributed by atoms with Crippen LogP contribution in [0.4, 0.5) is 0 Å². The van der Waals surface area contributed by atoms with Gasteiger partial charge in [0, 0.05) is 6.54 Å². The lowest BCUT2D eigenvalue weighted by Gasteiger charge is -2.26. The van der Waals surface area contributed by atoms with E-state index in [4.69, 9.17) is 0 Å². The molecule has 13 heavy (non-hydrogen) atoms. The van der Waals surface area contributed by atoms with Crippen LogP contribution in [-0.2, 0) is 4.79 Å². The summed E-state index contributed by atoms with van der Waals surface area (Å²) in [5, 5.41) is 12.2. The number of rotatable bonds is 3. The van der Waals surface area contributed by atoms with Gasteiger partial charge in [-0.05, 0) is 26.3 Å². The zero-order valence-electron chi connectivity index (χ0n) is 7.92. The van der Waals surface area contributed by atoms with Crippen LogP contribution in [0.2, 0.25) is 0 Å². The predicted molar refractivity (Wildman–Crippen MR) is 48.2 cm³/mol. The van der Waals surface area contributed by atoms with E-state index in [-0.39, 0.29) is 24.1 Å². The van der Waals surface area contributed by atoms with Crippen molar-refractivity contribution in [3.05, 3.63) is 0 Å². The number of carbonyl (C=O) groups excluding carboxylic acids is 1. The summed E-state index contributed by atoms with van der Waals surface area (Å²) < 4.78 is 0. The number of hydrogen-bond acceptors (Lipinski definition) is 3. The van der Waals surface area contributed by atoms with Crippen molar-refractivity contribution in [1.29, 1.82) is 0 Å². The Hall–Kier alpha value is -0.610. The van der Waals surface area contributed by atoms with Gasteiger partial charge in [-0.2, -0.15) is 0 Å². The standard InChI is InChI=1S/C9H16N2O2/c1-10-7-2-5-11(8(7)13)9(6-12)3-4-9/h7,10,12H,2-6H2,1H3. The molecule has 0 radical (unpaired) electrons. The second-order valence-corrected chi connectivity index (χ2v) is 4.00. The SMILES string of the molecule is CNC1CCN(C2(CO)CC2)C1=O. The Labute approximate surface area is 77.9 Å². The molecule has 0 spiro atoms. The van der Waals surface area contributed by atoms with Gasteiger partial charge in [-0.1, -0.05) is 0 Å². The maximum Gasteiger partial charge on any atom is 0.240 e. The van der Waals surface area contributed by atoms with Gasteiger partial charge in [0.05, 0.1) is 18.2 Å². The van der Waals surface area contributed by atoms with E-state index in [0.29, 0.717) is 0 Å². The summed E-state index contributed by atoms with van der Waals surface area (Å²) in [6.45, 7) is 0.917. The maximum atomic E-state index is 11.7. The fraction of sp³-hybridized carbons (Fsp3) is 0.889. The van der Waals surface area contributed by atoms with Gasteiger partial charge in [0.25, 0.3) is 0 Å². The van der Waals surface area contributed by atoms with E-state index in [9.17, 15) is 9.90 Å². The topological polar surface area (TPSA) is 52.6 Å². The number of nitrogens with one attached hydrogen (secondary N) is 1. The Bertz CT molecular complexity index is 226. The highest BCUT2D eigenvalue weighted by atomic mass is 16.3. The van der Waals surface area contributed by atoms with Crippen molar-refractivity contribution in [2.24, 2.45) is 0 Å². The first-order valence-electron chi connectivity index (χ1n) is 4.83. The van der Waals surface area contributed by atoms with Gasteiger partial charge < -0.3 is 15.3 Å². The third kappa shape index (κ3) is 1.25. The molecule has 2 N–H and O–H groups in total. The largest absolute Gasteiger partial charge is 0.394 e. The molecule has 2 aliphatic rings. The molecular weight excluding hydrogens is 168 g/mol. The first-order chi connectivity index (χ1) is 6.23. The average Bonchev–Trinajstić information content (AvgIpc) is 2.85. The molecule has 0 aromatic carbocycles. The minimum atomic E-state index is -0.178. The van der Waals surface area contributed by atoms with Crippen LogP contribution in [0.25, 0.3) is 0 Å². The lowest BCUT2D eigenvalue weighted by atomic mass is 10.2. The molecule has 1 saturated heterocycles. The molecule has 4 heteroatoms. The van der Waals surface area contributed by atoms with E-state index in [1.165, 1.54) is 0 Å². The Morgan fingerprint density at radius 1 is 1.69 bits per heavy atom. The Balaban J connectivity index is 2.06. The van der Waals surface area contributed by atoms with Crippen LogP contribution in [-0.4, -0.2) is 47.7 Å². The van der Waals surface area contributed by atoms with Crippen LogP contribution < -0.4 is 5.32 Å². The van der Waals surface area contributed by atoms with Gasteiger partial charge in [-0.15, -0.1) is 0 Å². The summed E-state index contributed by atoms with van der Waals surface area (Å²) in [6.07, 6.45) is 2.80. The van der Waals surface area contributed by atoms with E-state index < -0.39 is 0 Å². The monoisotopic (exact) mass is 184 g/mol. The molecule has 1 aliphatic carbocycles. The maximum absolute atomic E-state index is 11.7. The van der Waals surface area contributed by atoms with Crippen molar-refractivity contribution in [2.45, 2.75) is 30.8 Å². The van der Waals surface area contributed by atoms with Crippen molar-refractivity contribution in [1.82, 2.24) is 10.2 Å². The normalized spacial score (nSPS) is 31.1. The van der Waals surface area contributed by atoms with Crippen LogP contribution in [0.3, 0.4) is 0 Å². The lowest BCUT2D eigenvalue weighted by molar-refractivity contribution is -0.132. The highest BCUT2D eigenvalue weighted by Crippen LogP contribution is 2.43. The van der Waals surface area contributed by atoms with Gasteiger partial charge in [-0.3, -0.25) is 4.79 Å². The number of likely N-dealkylation sites (N-methyl/N-ethyl adjacent to an activating group) is 1. The van der Waals surface area contributed by atoms with E-state index >= 15 is 0 Å². The Kier molecular flexibility index (Phi) is 2.04. The molecule has 0 bridgehead atoms. The fourth-order valence-electron chi connectivity index (χ4n) is 2.08. The molecule has 1 amide bonds. The number of carbonyl (C=O) groups is 1. The number of amides is 1. The second kappa shape index (κ2) is 2.96. The fourth-order valence-corrected chi connectivity index (χ4v) is 2.08. The third-order valence-corrected chi connectivity index (χ3v) is 3.25. The smallest absolute Gasteiger partial charge is 0.240 e. The summed E-state index contributed by atoms with van der Waals surface area (Å²) >= 11 is 0. The quantitative estimate of drug-likeness (QED) is 0.611. The van der Waals surface area contributed by atoms with Gasteiger partial charge in [0.1, 0.15) is 0 Å². The Morgan fingerprint density at radius 2 is 2.38 bits per heavy atom. The van der Waals surface area contributed by atoms with Gasteiger partial charge in [0.2, 0.25) is 5.91 Å². The summed E-state index contributed by atoms with van der Waals surface area (Å²) in [5.74, 6) is 0.161. The van der Waals surface area contributed by atoms with E-state index in [1.807, 2.05) is 11.9 Å². The molecule has 1 saturated carbocycles. The van der Waals surface area contributed by atoms with Crippen LogP contribution in [0.5, 0.6) is 0 Å². The van der Waals surface area contributed by atoms with E-state index in [2.05, 4.69) is 5.32 Å². The third-order valence-electron chi connectivity index (χ3n) is 3.25. The molecule has 74 valence electrons. The molecule has 1 aliphatic heterocycles. The molecule has 1 atom stereocenters. The summed E-state index contributed by atoms with van der Waals surface area (Å²) in [7, 11) is 1.81. The number of aliphatic hydroxyl groups is 1. The first-order valence-corrected chi connectivity index (χ1v) is 4.83. The highest BCUT2D eigenvalue weighted by molar-refractivity contribution is 5.85. The van der Waals surface area contributed by atoms with Gasteiger partial charge in [-0.25, -0.2) is 0 Å². The zero-order chi connectivity index (χ0) is 9.47. The molecule has 0 aromatic rings. The zero-order valence-corrected chi connectivity index (χ0v) is 7.92. The summed E-state index contributed by atoms with van der Waals surface area (Å²) in [5.41, 5.74) is -0.178. The molecular formula is C9H16N2O2. The molecule has 2 fully saturated rings. The van der Waals surface area contributed by atoms with Crippen LogP contribution >= 0.6 is 0 Å². The minimum Gasteiger partial charge on any atom is -0.394 e. The van der Waals surface area contributed by atoms with Crippen molar-refractivity contribution in [2.75, 3.05) is 20.2 Å². The first kappa shape index (κ1) is 8.97. The molecule has 4 nitrogen and oxygen atoms in total. The van der Waals surface area contributed by atoms with Crippen LogP contribution in [0, 0.1) is 0 Å². The number of hydrogen-bond donors (Lipinski definition) is 2. The lowest BCUT2D eigenvalue weighted by Crippen LogP contribution is -2.45. The van der Waals surface area contributed by atoms with Crippen molar-refractivity contribution < 1.29 is 9.90 Å². The molecule has 2 rings (SSSR count). The van der Waals surface area contributed by atoms with Crippen molar-refractivity contribution in [3.8, 4) is 0 Å². The van der Waals surface area contributed by atoms with Gasteiger partial charge >= 0.3 is 0 Å². The van der Waals surface area contributed by atoms with Gasteiger partial charge in [0.15, 0.2) is 0 Å². The van der Waals surface area contributed by atoms with E-state index in [0.717, 1.165) is 25.8 Å². The summed E-state index contributed by atoms with van der Waals surface area (Å²) in [6, 6.07) is -0.0241. The molecule has 1 unspecified atom stereocenters. The van der Waals surface area contributed by atoms with Crippen LogP contribution in [0.1, 0.15) is 19.3 Å². The average molecular weight is 184 g/mol. The summed E-state index contributed by atoms with van der Waals surface area (Å²) in [4.78, 5) is 13.6. The second-order valence-electron chi connectivity index (χ2n) is 4.00. The Morgan fingerprint density at radius 3 is 2.77 bits per heavy atom. The van der Waals surface area contributed by atoms with Crippen molar-refractivity contribution >= 4 is 5.91 Å². The molecule has 0 aromatic heterocycles. The van der Waals surface area contributed by atoms with E-state index in [1.54, 1.807) is 0 Å². The number of aliphatic hydroxyl groups excluding tert-OH is 1. The minimum absolute atomic E-state index is 0.0241. The molecule has 1 heterocycles. The number of nitrogens with zero attached hydrogens (tertiary/aromatic N) is 1. The highest BCUT2D eigenvalue weighted by Gasteiger charge is 2.52. The van der Waals surface area contributed by atoms with Crippen molar-refractivity contribution in [3.63, 3.8) is 0 Å².